The second kappa shape index (κ2) is 9.20. The molecule has 1 aromatic rings. The molecule has 7 nitrogen and oxygen atoms in total. The number of ether oxygens (including phenoxy) is 1. The lowest BCUT2D eigenvalue weighted by Crippen LogP contribution is -2.59. The summed E-state index contributed by atoms with van der Waals surface area (Å²) in [5.74, 6) is -3.32. The van der Waals surface area contributed by atoms with Crippen LogP contribution in [0.15, 0.2) is 12.1 Å². The van der Waals surface area contributed by atoms with Gasteiger partial charge in [0.25, 0.3) is 0 Å². The number of halogens is 2. The molecule has 3 aliphatic rings. The zero-order chi connectivity index (χ0) is 22.0. The van der Waals surface area contributed by atoms with Gasteiger partial charge in [-0.2, -0.15) is 0 Å². The van der Waals surface area contributed by atoms with Crippen molar-refractivity contribution in [2.45, 2.75) is 56.9 Å². The van der Waals surface area contributed by atoms with Crippen LogP contribution in [0.4, 0.5) is 19.3 Å². The highest BCUT2D eigenvalue weighted by Crippen LogP contribution is 2.33. The molecule has 2 saturated heterocycles. The number of hydrogen-bond donors (Lipinski definition) is 2. The highest BCUT2D eigenvalue weighted by Gasteiger charge is 2.34. The molecule has 0 bridgehead atoms. The van der Waals surface area contributed by atoms with Crippen LogP contribution in [0.3, 0.4) is 0 Å². The second-order valence-electron chi connectivity index (χ2n) is 8.68. The van der Waals surface area contributed by atoms with E-state index >= 15 is 0 Å². The van der Waals surface area contributed by atoms with Crippen LogP contribution in [0, 0.1) is 17.6 Å². The Morgan fingerprint density at radius 1 is 1.10 bits per heavy atom. The number of piperidine rings is 1. The van der Waals surface area contributed by atoms with E-state index in [-0.39, 0.29) is 24.4 Å². The minimum Gasteiger partial charge on any atom is -0.449 e. The fourth-order valence-electron chi connectivity index (χ4n) is 4.59. The first kappa shape index (κ1) is 21.5. The fraction of sp³-hybridized carbons (Fsp3) is 0.591. The molecule has 9 heteroatoms. The maximum Gasteiger partial charge on any atom is 0.407 e. The highest BCUT2D eigenvalue weighted by atomic mass is 19.1. The van der Waals surface area contributed by atoms with Gasteiger partial charge in [-0.3, -0.25) is 14.9 Å². The largest absolute Gasteiger partial charge is 0.449 e. The van der Waals surface area contributed by atoms with Gasteiger partial charge < -0.3 is 15.0 Å². The van der Waals surface area contributed by atoms with E-state index in [0.717, 1.165) is 12.8 Å². The summed E-state index contributed by atoms with van der Waals surface area (Å²) in [6, 6.07) is 2.24. The van der Waals surface area contributed by atoms with Crippen LogP contribution in [0.2, 0.25) is 0 Å². The maximum absolute atomic E-state index is 14.6. The van der Waals surface area contributed by atoms with Gasteiger partial charge in [0.15, 0.2) is 0 Å². The molecule has 1 aromatic carbocycles. The van der Waals surface area contributed by atoms with Crippen molar-refractivity contribution in [3.05, 3.63) is 29.3 Å². The van der Waals surface area contributed by atoms with Crippen LogP contribution in [-0.4, -0.2) is 43.6 Å². The minimum absolute atomic E-state index is 0.0490. The summed E-state index contributed by atoms with van der Waals surface area (Å²) in [7, 11) is 0. The number of carbonyl (C=O) groups is 3. The van der Waals surface area contributed by atoms with Gasteiger partial charge in [-0.25, -0.2) is 13.6 Å². The summed E-state index contributed by atoms with van der Waals surface area (Å²) in [4.78, 5) is 37.0. The number of alkyl carbamates (subject to hydrolysis) is 1. The van der Waals surface area contributed by atoms with Gasteiger partial charge in [0.2, 0.25) is 11.8 Å². The molecule has 4 rings (SSSR count). The Kier molecular flexibility index (Phi) is 6.38. The Morgan fingerprint density at radius 2 is 1.77 bits per heavy atom. The van der Waals surface area contributed by atoms with Crippen molar-refractivity contribution < 1.29 is 27.9 Å². The molecule has 3 fully saturated rings. The van der Waals surface area contributed by atoms with Crippen molar-refractivity contribution in [2.75, 3.05) is 24.6 Å². The van der Waals surface area contributed by atoms with E-state index in [2.05, 4.69) is 10.6 Å². The molecule has 31 heavy (non-hydrogen) atoms. The van der Waals surface area contributed by atoms with E-state index in [9.17, 15) is 23.2 Å². The van der Waals surface area contributed by atoms with E-state index in [1.165, 1.54) is 31.4 Å². The summed E-state index contributed by atoms with van der Waals surface area (Å²) in [6.45, 7) is 1.25. The van der Waals surface area contributed by atoms with Crippen LogP contribution in [-0.2, 0) is 14.3 Å². The van der Waals surface area contributed by atoms with E-state index in [4.69, 9.17) is 4.74 Å². The van der Waals surface area contributed by atoms with Crippen LogP contribution in [0.1, 0.15) is 56.4 Å². The van der Waals surface area contributed by atoms with Gasteiger partial charge in [0.05, 0.1) is 18.6 Å². The SMILES string of the molecule is O=C1CC[C@@H](c2c(F)cc(N3CC(NC(=O)OCC4CCCCC4)C3)cc2F)C(=O)N1. The van der Waals surface area contributed by atoms with Crippen LogP contribution in [0.25, 0.3) is 0 Å². The number of rotatable bonds is 5. The van der Waals surface area contributed by atoms with Crippen LogP contribution < -0.4 is 15.5 Å². The first-order chi connectivity index (χ1) is 14.9. The third kappa shape index (κ3) is 4.97. The first-order valence-electron chi connectivity index (χ1n) is 10.9. The van der Waals surface area contributed by atoms with E-state index in [1.54, 1.807) is 4.90 Å². The lowest BCUT2D eigenvalue weighted by Gasteiger charge is -2.41. The van der Waals surface area contributed by atoms with Crippen molar-refractivity contribution in [3.8, 4) is 0 Å². The second-order valence-corrected chi connectivity index (χ2v) is 8.68. The standard InChI is InChI=1S/C22H27F2N3O4/c23-17-8-15(9-18(24)20(17)16-6-7-19(28)26-21(16)29)27-10-14(11-27)25-22(30)31-12-13-4-2-1-3-5-13/h8-9,13-14,16H,1-7,10-12H2,(H,25,30)(H,26,28,29)/t16-/m0/s1. The number of hydrogen-bond acceptors (Lipinski definition) is 5. The topological polar surface area (TPSA) is 87.7 Å². The maximum atomic E-state index is 14.6. The molecule has 0 spiro atoms. The Hall–Kier alpha value is -2.71. The zero-order valence-electron chi connectivity index (χ0n) is 17.3. The molecule has 0 aromatic heterocycles. The fourth-order valence-corrected chi connectivity index (χ4v) is 4.59. The van der Waals surface area contributed by atoms with Gasteiger partial charge in [-0.15, -0.1) is 0 Å². The van der Waals surface area contributed by atoms with E-state index in [1.807, 2.05) is 0 Å². The van der Waals surface area contributed by atoms with E-state index < -0.39 is 35.5 Å². The average molecular weight is 435 g/mol. The van der Waals surface area contributed by atoms with Crippen molar-refractivity contribution in [1.29, 1.82) is 0 Å². The third-order valence-corrected chi connectivity index (χ3v) is 6.40. The Morgan fingerprint density at radius 3 is 2.42 bits per heavy atom. The van der Waals surface area contributed by atoms with Gasteiger partial charge >= 0.3 is 6.09 Å². The van der Waals surface area contributed by atoms with E-state index in [0.29, 0.717) is 31.3 Å². The molecule has 0 unspecified atom stereocenters. The van der Waals surface area contributed by atoms with Crippen molar-refractivity contribution in [3.63, 3.8) is 0 Å². The number of amides is 3. The lowest BCUT2D eigenvalue weighted by atomic mass is 9.89. The molecule has 2 aliphatic heterocycles. The number of benzene rings is 1. The molecule has 1 atom stereocenters. The molecule has 1 saturated carbocycles. The molecule has 2 heterocycles. The Bertz CT molecular complexity index is 843. The number of nitrogens with zero attached hydrogens (tertiary/aromatic N) is 1. The van der Waals surface area contributed by atoms with Gasteiger partial charge in [0, 0.05) is 30.8 Å². The van der Waals surface area contributed by atoms with Crippen molar-refractivity contribution in [1.82, 2.24) is 10.6 Å². The Labute approximate surface area is 179 Å². The molecule has 2 N–H and O–H groups in total. The van der Waals surface area contributed by atoms with Crippen molar-refractivity contribution in [2.24, 2.45) is 5.92 Å². The van der Waals surface area contributed by atoms with Crippen LogP contribution >= 0.6 is 0 Å². The number of nitrogens with one attached hydrogen (secondary N) is 2. The molecular formula is C22H27F2N3O4. The summed E-state index contributed by atoms with van der Waals surface area (Å²) >= 11 is 0. The molecule has 1 aliphatic carbocycles. The predicted molar refractivity (Wildman–Crippen MR) is 109 cm³/mol. The lowest BCUT2D eigenvalue weighted by molar-refractivity contribution is -0.134. The zero-order valence-corrected chi connectivity index (χ0v) is 17.3. The summed E-state index contributed by atoms with van der Waals surface area (Å²) in [5, 5.41) is 4.91. The molecule has 0 radical (unpaired) electrons. The average Bonchev–Trinajstić information content (AvgIpc) is 2.70. The van der Waals surface area contributed by atoms with Crippen LogP contribution in [0.5, 0.6) is 0 Å². The number of anilines is 1. The number of imide groups is 1. The quantitative estimate of drug-likeness (QED) is 0.695. The predicted octanol–water partition coefficient (Wildman–Crippen LogP) is 2.98. The van der Waals surface area contributed by atoms with Gasteiger partial charge in [-0.1, -0.05) is 19.3 Å². The van der Waals surface area contributed by atoms with Gasteiger partial charge in [-0.05, 0) is 37.3 Å². The normalized spacial score (nSPS) is 22.6. The third-order valence-electron chi connectivity index (χ3n) is 6.40. The molecule has 168 valence electrons. The molecular weight excluding hydrogens is 408 g/mol. The Balaban J connectivity index is 1.29. The monoisotopic (exact) mass is 435 g/mol. The summed E-state index contributed by atoms with van der Waals surface area (Å²) < 4.78 is 34.6. The summed E-state index contributed by atoms with van der Waals surface area (Å²) in [5.41, 5.74) is 0.0369. The summed E-state index contributed by atoms with van der Waals surface area (Å²) in [6.07, 6.45) is 5.47. The van der Waals surface area contributed by atoms with Crippen molar-refractivity contribution >= 4 is 23.6 Å². The smallest absolute Gasteiger partial charge is 0.407 e. The highest BCUT2D eigenvalue weighted by molar-refractivity contribution is 6.01. The number of carbonyl (C=O) groups excluding carboxylic acids is 3. The first-order valence-corrected chi connectivity index (χ1v) is 10.9. The molecule has 3 amide bonds. The minimum atomic E-state index is -1.02. The van der Waals surface area contributed by atoms with Gasteiger partial charge in [0.1, 0.15) is 11.6 Å².